The maximum Gasteiger partial charge on any atom is 0.289 e. The van der Waals surface area contributed by atoms with Gasteiger partial charge in [-0.25, -0.2) is 5.43 Å². The molecule has 1 aromatic heterocycles. The molecule has 0 aliphatic carbocycles. The second kappa shape index (κ2) is 7.78. The van der Waals surface area contributed by atoms with Crippen LogP contribution in [0.15, 0.2) is 47.7 Å². The van der Waals surface area contributed by atoms with Crippen LogP contribution in [0.5, 0.6) is 11.5 Å². The summed E-state index contributed by atoms with van der Waals surface area (Å²) in [6.45, 7) is 2.46. The zero-order valence-electron chi connectivity index (χ0n) is 12.4. The second-order valence-electron chi connectivity index (χ2n) is 4.26. The number of rotatable bonds is 6. The fourth-order valence-electron chi connectivity index (χ4n) is 1.76. The zero-order valence-corrected chi connectivity index (χ0v) is 12.4. The Morgan fingerprint density at radius 1 is 1.32 bits per heavy atom. The summed E-state index contributed by atoms with van der Waals surface area (Å²) in [4.78, 5) is 15.7. The van der Waals surface area contributed by atoms with Crippen molar-refractivity contribution in [3.8, 4) is 11.5 Å². The molecule has 0 radical (unpaired) electrons. The van der Waals surface area contributed by atoms with E-state index in [-0.39, 0.29) is 5.91 Å². The van der Waals surface area contributed by atoms with Crippen LogP contribution in [0.3, 0.4) is 0 Å². The molecular formula is C16H17N3O3. The van der Waals surface area contributed by atoms with Crippen molar-refractivity contribution >= 4 is 12.1 Å². The number of hydrazone groups is 1. The van der Waals surface area contributed by atoms with Crippen LogP contribution in [0.2, 0.25) is 0 Å². The molecule has 0 bridgehead atoms. The number of ether oxygens (including phenoxy) is 2. The Morgan fingerprint density at radius 2 is 2.18 bits per heavy atom. The number of carbonyl (C=O) groups excluding carboxylic acids is 1. The molecule has 1 amide bonds. The third-order valence-corrected chi connectivity index (χ3v) is 2.76. The lowest BCUT2D eigenvalue weighted by Gasteiger charge is -2.09. The first kappa shape index (κ1) is 15.5. The molecule has 6 nitrogen and oxygen atoms in total. The Bertz CT molecular complexity index is 657. The Kier molecular flexibility index (Phi) is 5.48. The molecule has 0 saturated heterocycles. The summed E-state index contributed by atoms with van der Waals surface area (Å²) < 4.78 is 10.7. The van der Waals surface area contributed by atoms with Gasteiger partial charge in [0.15, 0.2) is 11.5 Å². The van der Waals surface area contributed by atoms with Crippen LogP contribution in [-0.4, -0.2) is 30.8 Å². The van der Waals surface area contributed by atoms with E-state index < -0.39 is 0 Å². The molecule has 2 aromatic rings. The van der Waals surface area contributed by atoms with Crippen molar-refractivity contribution in [3.63, 3.8) is 0 Å². The number of nitrogens with zero attached hydrogens (tertiary/aromatic N) is 2. The molecule has 0 aliphatic rings. The SMILES string of the molecule is CCOc1ccc(/C=N\NC(=O)c2ccccn2)cc1OC. The van der Waals surface area contributed by atoms with Crippen molar-refractivity contribution in [3.05, 3.63) is 53.9 Å². The maximum absolute atomic E-state index is 11.8. The zero-order chi connectivity index (χ0) is 15.8. The van der Waals surface area contributed by atoms with Gasteiger partial charge in [-0.15, -0.1) is 0 Å². The predicted molar refractivity (Wildman–Crippen MR) is 83.5 cm³/mol. The lowest BCUT2D eigenvalue weighted by atomic mass is 10.2. The largest absolute Gasteiger partial charge is 0.493 e. The Hall–Kier alpha value is -2.89. The summed E-state index contributed by atoms with van der Waals surface area (Å²) in [5.41, 5.74) is 3.51. The number of aromatic nitrogens is 1. The van der Waals surface area contributed by atoms with Gasteiger partial charge in [0.25, 0.3) is 5.91 Å². The highest BCUT2D eigenvalue weighted by molar-refractivity contribution is 5.93. The van der Waals surface area contributed by atoms with E-state index in [1.165, 1.54) is 6.21 Å². The van der Waals surface area contributed by atoms with Gasteiger partial charge in [0.2, 0.25) is 0 Å². The quantitative estimate of drug-likeness (QED) is 0.656. The third kappa shape index (κ3) is 4.05. The lowest BCUT2D eigenvalue weighted by molar-refractivity contribution is 0.0950. The summed E-state index contributed by atoms with van der Waals surface area (Å²) in [6.07, 6.45) is 3.08. The van der Waals surface area contributed by atoms with E-state index >= 15 is 0 Å². The Balaban J connectivity index is 2.02. The number of methoxy groups -OCH3 is 1. The van der Waals surface area contributed by atoms with Gasteiger partial charge >= 0.3 is 0 Å². The summed E-state index contributed by atoms with van der Waals surface area (Å²) in [5, 5.41) is 3.91. The van der Waals surface area contributed by atoms with E-state index in [9.17, 15) is 4.79 Å². The first-order chi connectivity index (χ1) is 10.7. The van der Waals surface area contributed by atoms with Crippen molar-refractivity contribution in [2.24, 2.45) is 5.10 Å². The molecule has 6 heteroatoms. The average molecular weight is 299 g/mol. The van der Waals surface area contributed by atoms with Crippen LogP contribution < -0.4 is 14.9 Å². The summed E-state index contributed by atoms with van der Waals surface area (Å²) in [5.74, 6) is 0.913. The Morgan fingerprint density at radius 3 is 2.86 bits per heavy atom. The van der Waals surface area contributed by atoms with Gasteiger partial charge < -0.3 is 9.47 Å². The highest BCUT2D eigenvalue weighted by atomic mass is 16.5. The lowest BCUT2D eigenvalue weighted by Crippen LogP contribution is -2.18. The molecule has 0 fully saturated rings. The van der Waals surface area contributed by atoms with Crippen LogP contribution in [0.25, 0.3) is 0 Å². The summed E-state index contributed by atoms with van der Waals surface area (Å²) in [7, 11) is 1.57. The fraction of sp³-hybridized carbons (Fsp3) is 0.188. The summed E-state index contributed by atoms with van der Waals surface area (Å²) >= 11 is 0. The average Bonchev–Trinajstić information content (AvgIpc) is 2.57. The first-order valence-corrected chi connectivity index (χ1v) is 6.80. The van der Waals surface area contributed by atoms with Crippen LogP contribution >= 0.6 is 0 Å². The van der Waals surface area contributed by atoms with Crippen LogP contribution in [0.1, 0.15) is 23.0 Å². The van der Waals surface area contributed by atoms with Gasteiger partial charge in [-0.3, -0.25) is 9.78 Å². The maximum atomic E-state index is 11.8. The van der Waals surface area contributed by atoms with Crippen molar-refractivity contribution in [1.29, 1.82) is 0 Å². The van der Waals surface area contributed by atoms with Crippen molar-refractivity contribution in [1.82, 2.24) is 10.4 Å². The second-order valence-corrected chi connectivity index (χ2v) is 4.26. The molecule has 1 N–H and O–H groups in total. The van der Waals surface area contributed by atoms with Gasteiger partial charge in [0, 0.05) is 6.20 Å². The van der Waals surface area contributed by atoms with Gasteiger partial charge in [-0.2, -0.15) is 5.10 Å². The minimum absolute atomic E-state index is 0.309. The van der Waals surface area contributed by atoms with Crippen LogP contribution in [-0.2, 0) is 0 Å². The molecule has 22 heavy (non-hydrogen) atoms. The minimum Gasteiger partial charge on any atom is -0.493 e. The van der Waals surface area contributed by atoms with E-state index in [1.54, 1.807) is 43.6 Å². The number of nitrogens with one attached hydrogen (secondary N) is 1. The standard InChI is InChI=1S/C16H17N3O3/c1-3-22-14-8-7-12(10-15(14)21-2)11-18-19-16(20)13-6-4-5-9-17-13/h4-11H,3H2,1-2H3,(H,19,20)/b18-11-. The van der Waals surface area contributed by atoms with Crippen LogP contribution in [0.4, 0.5) is 0 Å². The van der Waals surface area contributed by atoms with Crippen LogP contribution in [0, 0.1) is 0 Å². The predicted octanol–water partition coefficient (Wildman–Crippen LogP) is 2.25. The molecule has 0 atom stereocenters. The highest BCUT2D eigenvalue weighted by Crippen LogP contribution is 2.27. The molecule has 0 spiro atoms. The minimum atomic E-state index is -0.366. The van der Waals surface area contributed by atoms with Gasteiger partial charge in [-0.1, -0.05) is 6.07 Å². The smallest absolute Gasteiger partial charge is 0.289 e. The number of hydrogen-bond donors (Lipinski definition) is 1. The van der Waals surface area contributed by atoms with Crippen molar-refractivity contribution in [2.75, 3.05) is 13.7 Å². The van der Waals surface area contributed by atoms with Gasteiger partial charge in [0.05, 0.1) is 19.9 Å². The van der Waals surface area contributed by atoms with E-state index in [1.807, 2.05) is 13.0 Å². The molecule has 0 aliphatic heterocycles. The third-order valence-electron chi connectivity index (χ3n) is 2.76. The number of carbonyl (C=O) groups is 1. The Labute approximate surface area is 128 Å². The molecular weight excluding hydrogens is 282 g/mol. The normalized spacial score (nSPS) is 10.5. The first-order valence-electron chi connectivity index (χ1n) is 6.80. The fourth-order valence-corrected chi connectivity index (χ4v) is 1.76. The molecule has 1 aromatic carbocycles. The van der Waals surface area contributed by atoms with E-state index in [4.69, 9.17) is 9.47 Å². The number of benzene rings is 1. The monoisotopic (exact) mass is 299 g/mol. The number of pyridine rings is 1. The molecule has 2 rings (SSSR count). The van der Waals surface area contributed by atoms with Crippen molar-refractivity contribution < 1.29 is 14.3 Å². The van der Waals surface area contributed by atoms with E-state index in [2.05, 4.69) is 15.5 Å². The summed E-state index contributed by atoms with van der Waals surface area (Å²) in [6, 6.07) is 10.5. The van der Waals surface area contributed by atoms with Crippen molar-refractivity contribution in [2.45, 2.75) is 6.92 Å². The van der Waals surface area contributed by atoms with Gasteiger partial charge in [0.1, 0.15) is 5.69 Å². The number of amides is 1. The molecule has 0 saturated carbocycles. The molecule has 114 valence electrons. The van der Waals surface area contributed by atoms with Gasteiger partial charge in [-0.05, 0) is 42.8 Å². The highest BCUT2D eigenvalue weighted by Gasteiger charge is 2.05. The topological polar surface area (TPSA) is 72.8 Å². The molecule has 0 unspecified atom stereocenters. The molecule has 1 heterocycles. The van der Waals surface area contributed by atoms with E-state index in [0.717, 1.165) is 5.56 Å². The van der Waals surface area contributed by atoms with E-state index in [0.29, 0.717) is 23.8 Å². The number of hydrogen-bond acceptors (Lipinski definition) is 5.